The van der Waals surface area contributed by atoms with E-state index in [0.717, 1.165) is 19.3 Å². The van der Waals surface area contributed by atoms with Crippen LogP contribution < -0.4 is 5.32 Å². The van der Waals surface area contributed by atoms with Gasteiger partial charge in [0.25, 0.3) is 0 Å². The van der Waals surface area contributed by atoms with Gasteiger partial charge in [0.05, 0.1) is 0 Å². The Morgan fingerprint density at radius 1 is 1.31 bits per heavy atom. The van der Waals surface area contributed by atoms with E-state index in [2.05, 4.69) is 5.32 Å². The van der Waals surface area contributed by atoms with E-state index in [-0.39, 0.29) is 12.5 Å². The summed E-state index contributed by atoms with van der Waals surface area (Å²) < 4.78 is 36.9. The topological polar surface area (TPSA) is 12.0 Å². The van der Waals surface area contributed by atoms with Gasteiger partial charge in [-0.25, -0.2) is 0 Å². The third kappa shape index (κ3) is 3.18. The van der Waals surface area contributed by atoms with Crippen molar-refractivity contribution in [1.82, 2.24) is 5.32 Å². The molecule has 1 aliphatic heterocycles. The third-order valence-corrected chi connectivity index (χ3v) is 2.51. The predicted octanol–water partition coefficient (Wildman–Crippen LogP) is 2.86. The lowest BCUT2D eigenvalue weighted by Crippen LogP contribution is -2.50. The Kier molecular flexibility index (Phi) is 3.59. The van der Waals surface area contributed by atoms with Gasteiger partial charge in [-0.1, -0.05) is 19.8 Å². The van der Waals surface area contributed by atoms with E-state index in [9.17, 15) is 13.2 Å². The second kappa shape index (κ2) is 4.31. The van der Waals surface area contributed by atoms with Gasteiger partial charge in [0.1, 0.15) is 6.04 Å². The average molecular weight is 195 g/mol. The van der Waals surface area contributed by atoms with Crippen LogP contribution in [0.5, 0.6) is 0 Å². The number of hydrogen-bond donors (Lipinski definition) is 1. The molecule has 1 heterocycles. The zero-order valence-corrected chi connectivity index (χ0v) is 7.82. The van der Waals surface area contributed by atoms with Crippen LogP contribution in [0, 0.1) is 0 Å². The van der Waals surface area contributed by atoms with E-state index >= 15 is 0 Å². The number of hydrogen-bond acceptors (Lipinski definition) is 1. The largest absolute Gasteiger partial charge is 0.403 e. The lowest BCUT2D eigenvalue weighted by molar-refractivity contribution is -0.163. The minimum absolute atomic E-state index is 0.0744. The molecule has 13 heavy (non-hydrogen) atoms. The summed E-state index contributed by atoms with van der Waals surface area (Å²) in [6.07, 6.45) is -0.437. The molecule has 78 valence electrons. The summed E-state index contributed by atoms with van der Waals surface area (Å²) in [5.41, 5.74) is 0. The molecule has 1 N–H and O–H groups in total. The smallest absolute Gasteiger partial charge is 0.303 e. The van der Waals surface area contributed by atoms with Gasteiger partial charge in [-0.3, -0.25) is 0 Å². The first kappa shape index (κ1) is 10.8. The van der Waals surface area contributed by atoms with Crippen LogP contribution in [0.3, 0.4) is 0 Å². The maximum absolute atomic E-state index is 12.3. The minimum atomic E-state index is -4.06. The zero-order chi connectivity index (χ0) is 9.90. The number of halogens is 3. The summed E-state index contributed by atoms with van der Waals surface area (Å²) in [4.78, 5) is 0. The van der Waals surface area contributed by atoms with Crippen LogP contribution in [0.4, 0.5) is 13.2 Å². The van der Waals surface area contributed by atoms with E-state index in [1.807, 2.05) is 6.92 Å². The van der Waals surface area contributed by atoms with Gasteiger partial charge in [-0.2, -0.15) is 13.2 Å². The maximum Gasteiger partial charge on any atom is 0.403 e. The summed E-state index contributed by atoms with van der Waals surface area (Å²) in [5, 5.41) is 2.67. The molecule has 0 aromatic heterocycles. The number of nitrogens with one attached hydrogen (secondary N) is 1. The molecule has 0 spiro atoms. The van der Waals surface area contributed by atoms with Gasteiger partial charge in [-0.15, -0.1) is 0 Å². The maximum atomic E-state index is 12.3. The average Bonchev–Trinajstić information content (AvgIpc) is 2.04. The monoisotopic (exact) mass is 195 g/mol. The normalized spacial score (nSPS) is 30.5. The lowest BCUT2D eigenvalue weighted by atomic mass is 9.95. The molecule has 1 saturated heterocycles. The molecule has 0 bridgehead atoms. The Labute approximate surface area is 76.7 Å². The van der Waals surface area contributed by atoms with Crippen LogP contribution in [0.2, 0.25) is 0 Å². The Morgan fingerprint density at radius 3 is 2.54 bits per heavy atom. The molecule has 0 amide bonds. The molecule has 1 aliphatic rings. The molecule has 0 aromatic carbocycles. The molecule has 2 atom stereocenters. The van der Waals surface area contributed by atoms with Gasteiger partial charge >= 0.3 is 6.18 Å². The van der Waals surface area contributed by atoms with Gasteiger partial charge in [0.2, 0.25) is 0 Å². The van der Waals surface area contributed by atoms with Crippen LogP contribution in [0.15, 0.2) is 0 Å². The summed E-state index contributed by atoms with van der Waals surface area (Å²) in [6, 6.07) is -1.19. The highest BCUT2D eigenvalue weighted by molar-refractivity contribution is 4.84. The van der Waals surface area contributed by atoms with Crippen LogP contribution in [0.25, 0.3) is 0 Å². The molecular formula is C9H16F3N. The van der Waals surface area contributed by atoms with Crippen molar-refractivity contribution in [2.75, 3.05) is 0 Å². The lowest BCUT2D eigenvalue weighted by Gasteiger charge is -2.32. The first-order valence-electron chi connectivity index (χ1n) is 4.86. The summed E-state index contributed by atoms with van der Waals surface area (Å²) in [5.74, 6) is 0. The van der Waals surface area contributed by atoms with Crippen molar-refractivity contribution in [3.05, 3.63) is 0 Å². The second-order valence-electron chi connectivity index (χ2n) is 3.68. The Bertz CT molecular complexity index is 153. The fourth-order valence-corrected chi connectivity index (χ4v) is 1.85. The van der Waals surface area contributed by atoms with Crippen molar-refractivity contribution in [2.24, 2.45) is 0 Å². The van der Waals surface area contributed by atoms with Crippen molar-refractivity contribution in [3.63, 3.8) is 0 Å². The van der Waals surface area contributed by atoms with E-state index < -0.39 is 12.2 Å². The van der Waals surface area contributed by atoms with Crippen LogP contribution >= 0.6 is 0 Å². The van der Waals surface area contributed by atoms with Crippen molar-refractivity contribution < 1.29 is 13.2 Å². The highest BCUT2D eigenvalue weighted by Gasteiger charge is 2.41. The first-order chi connectivity index (χ1) is 6.04. The Morgan fingerprint density at radius 2 is 2.00 bits per heavy atom. The standard InChI is InChI=1S/C9H16F3N/c1-2-4-7-5-3-6-8(13-7)9(10,11)12/h7-8,13H,2-6H2,1H3. The molecule has 1 fully saturated rings. The van der Waals surface area contributed by atoms with Crippen LogP contribution in [-0.2, 0) is 0 Å². The predicted molar refractivity (Wildman–Crippen MR) is 45.5 cm³/mol. The van der Waals surface area contributed by atoms with Gasteiger partial charge in [0, 0.05) is 6.04 Å². The Hall–Kier alpha value is -0.250. The van der Waals surface area contributed by atoms with Crippen molar-refractivity contribution in [1.29, 1.82) is 0 Å². The number of rotatable bonds is 2. The van der Waals surface area contributed by atoms with E-state index in [0.29, 0.717) is 6.42 Å². The molecule has 0 aromatic rings. The fraction of sp³-hybridized carbons (Fsp3) is 1.00. The summed E-state index contributed by atoms with van der Waals surface area (Å²) in [6.45, 7) is 2.00. The highest BCUT2D eigenvalue weighted by atomic mass is 19.4. The minimum Gasteiger partial charge on any atom is -0.303 e. The van der Waals surface area contributed by atoms with Gasteiger partial charge in [-0.05, 0) is 19.3 Å². The van der Waals surface area contributed by atoms with Gasteiger partial charge in [0.15, 0.2) is 0 Å². The second-order valence-corrected chi connectivity index (χ2v) is 3.68. The first-order valence-corrected chi connectivity index (χ1v) is 4.86. The molecule has 2 unspecified atom stereocenters. The molecule has 1 nitrogen and oxygen atoms in total. The molecule has 0 radical (unpaired) electrons. The van der Waals surface area contributed by atoms with E-state index in [4.69, 9.17) is 0 Å². The SMILES string of the molecule is CCCC1CCCC(C(F)(F)F)N1. The molecule has 0 saturated carbocycles. The number of piperidine rings is 1. The van der Waals surface area contributed by atoms with E-state index in [1.54, 1.807) is 0 Å². The Balaban J connectivity index is 2.42. The third-order valence-electron chi connectivity index (χ3n) is 2.51. The molecular weight excluding hydrogens is 179 g/mol. The summed E-state index contributed by atoms with van der Waals surface area (Å²) >= 11 is 0. The number of alkyl halides is 3. The van der Waals surface area contributed by atoms with E-state index in [1.165, 1.54) is 0 Å². The van der Waals surface area contributed by atoms with Gasteiger partial charge < -0.3 is 5.32 Å². The van der Waals surface area contributed by atoms with Crippen molar-refractivity contribution in [2.45, 2.75) is 57.3 Å². The molecule has 1 rings (SSSR count). The fourth-order valence-electron chi connectivity index (χ4n) is 1.85. The quantitative estimate of drug-likeness (QED) is 0.714. The summed E-state index contributed by atoms with van der Waals surface area (Å²) in [7, 11) is 0. The van der Waals surface area contributed by atoms with Crippen LogP contribution in [-0.4, -0.2) is 18.3 Å². The zero-order valence-electron chi connectivity index (χ0n) is 7.82. The van der Waals surface area contributed by atoms with Crippen molar-refractivity contribution in [3.8, 4) is 0 Å². The molecule has 0 aliphatic carbocycles. The van der Waals surface area contributed by atoms with Crippen molar-refractivity contribution >= 4 is 0 Å². The van der Waals surface area contributed by atoms with Crippen LogP contribution in [0.1, 0.15) is 39.0 Å². The molecule has 4 heteroatoms. The highest BCUT2D eigenvalue weighted by Crippen LogP contribution is 2.28.